The normalized spacial score (nSPS) is 20.6. The van der Waals surface area contributed by atoms with E-state index in [1.807, 2.05) is 0 Å². The zero-order chi connectivity index (χ0) is 20.9. The van der Waals surface area contributed by atoms with Crippen molar-refractivity contribution in [1.29, 1.82) is 0 Å². The third-order valence-corrected chi connectivity index (χ3v) is 5.25. The zero-order valence-electron chi connectivity index (χ0n) is 18.7. The first-order chi connectivity index (χ1) is 14.1. The monoisotopic (exact) mass is 404 g/mol. The number of likely N-dealkylation sites (tertiary alicyclic amines) is 1. The Morgan fingerprint density at radius 2 is 1.72 bits per heavy atom. The molecule has 0 aromatic heterocycles. The summed E-state index contributed by atoms with van der Waals surface area (Å²) in [6.45, 7) is 11.8. The van der Waals surface area contributed by atoms with E-state index < -0.39 is 0 Å². The average Bonchev–Trinajstić information content (AvgIpc) is 2.70. The number of benzene rings is 1. The summed E-state index contributed by atoms with van der Waals surface area (Å²) in [6, 6.07) is 8.95. The lowest BCUT2D eigenvalue weighted by Crippen LogP contribution is -2.38. The van der Waals surface area contributed by atoms with Crippen molar-refractivity contribution >= 4 is 5.96 Å². The summed E-state index contributed by atoms with van der Waals surface area (Å²) in [4.78, 5) is 6.88. The Hall–Kier alpha value is -1.63. The second kappa shape index (κ2) is 13.6. The van der Waals surface area contributed by atoms with Gasteiger partial charge in [0.25, 0.3) is 0 Å². The fourth-order valence-electron chi connectivity index (χ4n) is 3.97. The molecule has 1 saturated heterocycles. The minimum absolute atomic E-state index is 0.645. The molecule has 1 aromatic rings. The number of nitrogens with zero attached hydrogens (tertiary/aromatic N) is 2. The van der Waals surface area contributed by atoms with Crippen LogP contribution >= 0.6 is 0 Å². The van der Waals surface area contributed by atoms with Gasteiger partial charge < -0.3 is 20.1 Å². The van der Waals surface area contributed by atoms with Crippen molar-refractivity contribution < 1.29 is 9.47 Å². The van der Waals surface area contributed by atoms with Gasteiger partial charge in [-0.3, -0.25) is 9.89 Å². The van der Waals surface area contributed by atoms with Crippen molar-refractivity contribution in [2.24, 2.45) is 16.8 Å². The Bertz CT molecular complexity index is 581. The van der Waals surface area contributed by atoms with Crippen LogP contribution in [0, 0.1) is 11.8 Å². The quantitative estimate of drug-likeness (QED) is 0.337. The SMILES string of the molecule is CN=C(NCCCOCCOC)NCc1ccc(CN2CC(C)CC(C)C2)cc1. The number of ether oxygens (including phenoxy) is 2. The first-order valence-electron chi connectivity index (χ1n) is 10.9. The number of aliphatic imine (C=N–C) groups is 1. The molecule has 6 heteroatoms. The lowest BCUT2D eigenvalue weighted by molar-refractivity contribution is 0.0698. The Morgan fingerprint density at radius 3 is 2.38 bits per heavy atom. The lowest BCUT2D eigenvalue weighted by Gasteiger charge is -2.35. The summed E-state index contributed by atoms with van der Waals surface area (Å²) in [5.41, 5.74) is 2.66. The van der Waals surface area contributed by atoms with E-state index in [4.69, 9.17) is 9.47 Å². The van der Waals surface area contributed by atoms with Crippen LogP contribution in [0.1, 0.15) is 37.8 Å². The third-order valence-electron chi connectivity index (χ3n) is 5.25. The topological polar surface area (TPSA) is 58.1 Å². The summed E-state index contributed by atoms with van der Waals surface area (Å²) in [7, 11) is 3.48. The number of rotatable bonds is 11. The molecular weight excluding hydrogens is 364 g/mol. The molecule has 0 amide bonds. The van der Waals surface area contributed by atoms with Crippen molar-refractivity contribution in [3.63, 3.8) is 0 Å². The van der Waals surface area contributed by atoms with Crippen LogP contribution in [0.25, 0.3) is 0 Å². The van der Waals surface area contributed by atoms with E-state index in [1.54, 1.807) is 14.2 Å². The summed E-state index contributed by atoms with van der Waals surface area (Å²) in [5.74, 6) is 2.43. The van der Waals surface area contributed by atoms with Gasteiger partial charge in [0.2, 0.25) is 0 Å². The van der Waals surface area contributed by atoms with Gasteiger partial charge in [0.05, 0.1) is 13.2 Å². The lowest BCUT2D eigenvalue weighted by atomic mass is 9.91. The summed E-state index contributed by atoms with van der Waals surface area (Å²) in [6.07, 6.45) is 2.30. The minimum Gasteiger partial charge on any atom is -0.382 e. The van der Waals surface area contributed by atoms with Gasteiger partial charge in [0.1, 0.15) is 0 Å². The standard InChI is InChI=1S/C23H40N4O2/c1-19-14-20(2)17-27(16-19)18-22-8-6-21(7-9-22)15-26-23(24-3)25-10-5-11-29-13-12-28-4/h6-9,19-20H,5,10-18H2,1-4H3,(H2,24,25,26). The van der Waals surface area contributed by atoms with Gasteiger partial charge in [-0.2, -0.15) is 0 Å². The molecule has 1 fully saturated rings. The smallest absolute Gasteiger partial charge is 0.191 e. The number of hydrogen-bond donors (Lipinski definition) is 2. The molecule has 2 unspecified atom stereocenters. The van der Waals surface area contributed by atoms with Gasteiger partial charge >= 0.3 is 0 Å². The predicted octanol–water partition coefficient (Wildman–Crippen LogP) is 2.88. The van der Waals surface area contributed by atoms with Crippen molar-refractivity contribution in [1.82, 2.24) is 15.5 Å². The molecule has 0 saturated carbocycles. The molecule has 2 N–H and O–H groups in total. The Kier molecular flexibility index (Phi) is 11.1. The molecule has 6 nitrogen and oxygen atoms in total. The van der Waals surface area contributed by atoms with E-state index >= 15 is 0 Å². The first-order valence-corrected chi connectivity index (χ1v) is 10.9. The van der Waals surface area contributed by atoms with E-state index in [0.29, 0.717) is 13.2 Å². The molecule has 2 atom stereocenters. The Balaban J connectivity index is 1.66. The highest BCUT2D eigenvalue weighted by Crippen LogP contribution is 2.22. The summed E-state index contributed by atoms with van der Waals surface area (Å²) in [5, 5.41) is 6.70. The van der Waals surface area contributed by atoms with E-state index in [2.05, 4.69) is 58.6 Å². The highest BCUT2D eigenvalue weighted by molar-refractivity contribution is 5.79. The summed E-state index contributed by atoms with van der Waals surface area (Å²) < 4.78 is 10.4. The van der Waals surface area contributed by atoms with Crippen molar-refractivity contribution in [3.05, 3.63) is 35.4 Å². The van der Waals surface area contributed by atoms with Gasteiger partial charge in [-0.15, -0.1) is 0 Å². The molecule has 1 aliphatic rings. The fraction of sp³-hybridized carbons (Fsp3) is 0.696. The zero-order valence-corrected chi connectivity index (χ0v) is 18.7. The maximum absolute atomic E-state index is 5.47. The van der Waals surface area contributed by atoms with Crippen molar-refractivity contribution in [2.75, 3.05) is 53.6 Å². The number of hydrogen-bond acceptors (Lipinski definition) is 4. The van der Waals surface area contributed by atoms with E-state index in [9.17, 15) is 0 Å². The number of guanidine groups is 1. The van der Waals surface area contributed by atoms with Crippen LogP contribution < -0.4 is 10.6 Å². The average molecular weight is 405 g/mol. The highest BCUT2D eigenvalue weighted by Gasteiger charge is 2.21. The van der Waals surface area contributed by atoms with E-state index in [1.165, 1.54) is 30.6 Å². The van der Waals surface area contributed by atoms with Crippen LogP contribution in [0.3, 0.4) is 0 Å². The van der Waals surface area contributed by atoms with Crippen LogP contribution in [0.2, 0.25) is 0 Å². The van der Waals surface area contributed by atoms with Gasteiger partial charge in [0, 0.05) is 53.5 Å². The maximum atomic E-state index is 5.47. The molecule has 0 radical (unpaired) electrons. The molecule has 164 valence electrons. The number of methoxy groups -OCH3 is 1. The molecule has 0 aliphatic carbocycles. The van der Waals surface area contributed by atoms with Crippen LogP contribution in [-0.4, -0.2) is 64.5 Å². The van der Waals surface area contributed by atoms with Gasteiger partial charge in [-0.25, -0.2) is 0 Å². The van der Waals surface area contributed by atoms with Crippen molar-refractivity contribution in [2.45, 2.75) is 39.8 Å². The van der Waals surface area contributed by atoms with E-state index in [-0.39, 0.29) is 0 Å². The fourth-order valence-corrected chi connectivity index (χ4v) is 3.97. The van der Waals surface area contributed by atoms with E-state index in [0.717, 1.165) is 50.5 Å². The van der Waals surface area contributed by atoms with Gasteiger partial charge in [-0.05, 0) is 35.8 Å². The second-order valence-corrected chi connectivity index (χ2v) is 8.27. The second-order valence-electron chi connectivity index (χ2n) is 8.27. The van der Waals surface area contributed by atoms with Crippen LogP contribution in [0.15, 0.2) is 29.3 Å². The molecule has 1 heterocycles. The highest BCUT2D eigenvalue weighted by atomic mass is 16.5. The van der Waals surface area contributed by atoms with Gasteiger partial charge in [-0.1, -0.05) is 38.1 Å². The molecule has 2 rings (SSSR count). The first kappa shape index (κ1) is 23.6. The van der Waals surface area contributed by atoms with Crippen LogP contribution in [0.4, 0.5) is 0 Å². The predicted molar refractivity (Wildman–Crippen MR) is 120 cm³/mol. The van der Waals surface area contributed by atoms with Crippen LogP contribution in [0.5, 0.6) is 0 Å². The molecule has 29 heavy (non-hydrogen) atoms. The maximum Gasteiger partial charge on any atom is 0.191 e. The number of piperidine rings is 1. The number of nitrogens with one attached hydrogen (secondary N) is 2. The van der Waals surface area contributed by atoms with Gasteiger partial charge in [0.15, 0.2) is 5.96 Å². The Labute approximate surface area is 177 Å². The largest absolute Gasteiger partial charge is 0.382 e. The minimum atomic E-state index is 0.645. The molecule has 1 aliphatic heterocycles. The molecule has 0 spiro atoms. The third kappa shape index (κ3) is 9.61. The molecule has 1 aromatic carbocycles. The molecular formula is C23H40N4O2. The van der Waals surface area contributed by atoms with Crippen molar-refractivity contribution in [3.8, 4) is 0 Å². The Morgan fingerprint density at radius 1 is 1.03 bits per heavy atom. The summed E-state index contributed by atoms with van der Waals surface area (Å²) >= 11 is 0. The van der Waals surface area contributed by atoms with Crippen LogP contribution in [-0.2, 0) is 22.6 Å². The molecule has 0 bridgehead atoms.